The maximum Gasteiger partial charge on any atom is 0.317 e. The predicted octanol–water partition coefficient (Wildman–Crippen LogP) is 1.91. The lowest BCUT2D eigenvalue weighted by atomic mass is 10.1. The zero-order chi connectivity index (χ0) is 14.3. The fourth-order valence-electron chi connectivity index (χ4n) is 2.58. The highest BCUT2D eigenvalue weighted by Gasteiger charge is 2.31. The summed E-state index contributed by atoms with van der Waals surface area (Å²) in [6, 6.07) is 0.281. The number of aromatic nitrogens is 3. The van der Waals surface area contributed by atoms with Gasteiger partial charge < -0.3 is 10.2 Å². The molecule has 20 heavy (non-hydrogen) atoms. The molecule has 2 aliphatic rings. The molecule has 3 rings (SSSR count). The van der Waals surface area contributed by atoms with Crippen LogP contribution in [0.2, 0.25) is 0 Å². The summed E-state index contributed by atoms with van der Waals surface area (Å²) in [5.74, 6) is 0.630. The summed E-state index contributed by atoms with van der Waals surface area (Å²) in [6.45, 7) is 7.49. The second-order valence-corrected chi connectivity index (χ2v) is 6.97. The van der Waals surface area contributed by atoms with Gasteiger partial charge in [0, 0.05) is 30.7 Å². The van der Waals surface area contributed by atoms with Crippen LogP contribution in [-0.2, 0) is 0 Å². The van der Waals surface area contributed by atoms with Crippen LogP contribution in [0.3, 0.4) is 0 Å². The van der Waals surface area contributed by atoms with Crippen LogP contribution in [0, 0.1) is 0 Å². The SMILES string of the molecule is CC(C)(C)NC(=O)N1CCC(n2cc(C3CC3)nn2)C1. The molecule has 0 radical (unpaired) electrons. The highest BCUT2D eigenvalue weighted by atomic mass is 16.2. The van der Waals surface area contributed by atoms with Crippen LogP contribution in [0.15, 0.2) is 6.20 Å². The van der Waals surface area contributed by atoms with Crippen molar-refractivity contribution >= 4 is 6.03 Å². The zero-order valence-corrected chi connectivity index (χ0v) is 12.5. The van der Waals surface area contributed by atoms with Crippen molar-refractivity contribution in [3.05, 3.63) is 11.9 Å². The lowest BCUT2D eigenvalue weighted by Crippen LogP contribution is -2.47. The van der Waals surface area contributed by atoms with Crippen molar-refractivity contribution in [1.82, 2.24) is 25.2 Å². The van der Waals surface area contributed by atoms with Gasteiger partial charge in [0.2, 0.25) is 0 Å². The van der Waals surface area contributed by atoms with Crippen LogP contribution in [0.1, 0.15) is 57.7 Å². The summed E-state index contributed by atoms with van der Waals surface area (Å²) in [7, 11) is 0. The number of carbonyl (C=O) groups excluding carboxylic acids is 1. The van der Waals surface area contributed by atoms with Gasteiger partial charge in [-0.3, -0.25) is 0 Å². The first kappa shape index (κ1) is 13.4. The molecular formula is C14H23N5O. The van der Waals surface area contributed by atoms with Gasteiger partial charge >= 0.3 is 6.03 Å². The first-order chi connectivity index (χ1) is 9.42. The summed E-state index contributed by atoms with van der Waals surface area (Å²) in [6.07, 6.45) is 5.49. The molecule has 0 aromatic carbocycles. The number of likely N-dealkylation sites (tertiary alicyclic amines) is 1. The molecule has 1 saturated heterocycles. The Morgan fingerprint density at radius 3 is 2.75 bits per heavy atom. The lowest BCUT2D eigenvalue weighted by Gasteiger charge is -2.25. The highest BCUT2D eigenvalue weighted by molar-refractivity contribution is 5.75. The fraction of sp³-hybridized carbons (Fsp3) is 0.786. The minimum atomic E-state index is -0.193. The Morgan fingerprint density at radius 1 is 1.35 bits per heavy atom. The molecule has 2 amide bonds. The standard InChI is InChI=1S/C14H23N5O/c1-14(2,3)15-13(20)18-7-6-11(8-18)19-9-12(16-17-19)10-4-5-10/h9-11H,4-8H2,1-3H3,(H,15,20). The molecule has 1 N–H and O–H groups in total. The van der Waals surface area contributed by atoms with Gasteiger partial charge in [-0.25, -0.2) is 9.48 Å². The van der Waals surface area contributed by atoms with Crippen molar-refractivity contribution in [3.63, 3.8) is 0 Å². The van der Waals surface area contributed by atoms with Crippen molar-refractivity contribution in [2.75, 3.05) is 13.1 Å². The molecule has 2 fully saturated rings. The fourth-order valence-corrected chi connectivity index (χ4v) is 2.58. The van der Waals surface area contributed by atoms with E-state index in [1.807, 2.05) is 30.4 Å². The lowest BCUT2D eigenvalue weighted by molar-refractivity contribution is 0.197. The molecule has 1 aromatic heterocycles. The molecule has 1 aliphatic heterocycles. The normalized spacial score (nSPS) is 23.1. The average Bonchev–Trinajstić information content (AvgIpc) is 2.91. The number of amides is 2. The number of nitrogens with zero attached hydrogens (tertiary/aromatic N) is 4. The van der Waals surface area contributed by atoms with Gasteiger partial charge in [0.15, 0.2) is 0 Å². The van der Waals surface area contributed by atoms with E-state index in [1.165, 1.54) is 12.8 Å². The number of urea groups is 1. The van der Waals surface area contributed by atoms with Crippen molar-refractivity contribution in [1.29, 1.82) is 0 Å². The molecule has 1 atom stereocenters. The summed E-state index contributed by atoms with van der Waals surface area (Å²) >= 11 is 0. The van der Waals surface area contributed by atoms with Gasteiger partial charge in [-0.05, 0) is 40.0 Å². The maximum atomic E-state index is 12.1. The minimum absolute atomic E-state index is 0.0162. The Morgan fingerprint density at radius 2 is 2.10 bits per heavy atom. The first-order valence-corrected chi connectivity index (χ1v) is 7.41. The van der Waals surface area contributed by atoms with Crippen LogP contribution >= 0.6 is 0 Å². The summed E-state index contributed by atoms with van der Waals surface area (Å²) in [5, 5.41) is 11.5. The molecule has 1 aliphatic carbocycles. The third-order valence-corrected chi connectivity index (χ3v) is 3.83. The summed E-state index contributed by atoms with van der Waals surface area (Å²) in [4.78, 5) is 14.0. The van der Waals surface area contributed by atoms with Crippen molar-refractivity contribution in [3.8, 4) is 0 Å². The molecule has 6 heteroatoms. The van der Waals surface area contributed by atoms with E-state index in [-0.39, 0.29) is 17.6 Å². The number of hydrogen-bond acceptors (Lipinski definition) is 3. The second-order valence-electron chi connectivity index (χ2n) is 6.97. The topological polar surface area (TPSA) is 63.1 Å². The smallest absolute Gasteiger partial charge is 0.317 e. The molecule has 1 unspecified atom stereocenters. The van der Waals surface area contributed by atoms with Crippen molar-refractivity contribution in [2.45, 2.75) is 57.5 Å². The van der Waals surface area contributed by atoms with Crippen molar-refractivity contribution in [2.24, 2.45) is 0 Å². The van der Waals surface area contributed by atoms with Crippen LogP contribution in [0.25, 0.3) is 0 Å². The van der Waals surface area contributed by atoms with Gasteiger partial charge in [0.25, 0.3) is 0 Å². The van der Waals surface area contributed by atoms with Gasteiger partial charge in [0.1, 0.15) is 0 Å². The minimum Gasteiger partial charge on any atom is -0.333 e. The van der Waals surface area contributed by atoms with E-state index >= 15 is 0 Å². The molecule has 0 bridgehead atoms. The van der Waals surface area contributed by atoms with Crippen LogP contribution in [0.5, 0.6) is 0 Å². The van der Waals surface area contributed by atoms with Gasteiger partial charge in [-0.2, -0.15) is 0 Å². The maximum absolute atomic E-state index is 12.1. The Kier molecular flexibility index (Phi) is 3.18. The Labute approximate surface area is 119 Å². The number of rotatable bonds is 2. The molecular weight excluding hydrogens is 254 g/mol. The average molecular weight is 277 g/mol. The quantitative estimate of drug-likeness (QED) is 0.898. The molecule has 1 aromatic rings. The molecule has 0 spiro atoms. The van der Waals surface area contributed by atoms with Crippen LogP contribution in [0.4, 0.5) is 4.79 Å². The number of carbonyl (C=O) groups is 1. The monoisotopic (exact) mass is 277 g/mol. The molecule has 110 valence electrons. The number of hydrogen-bond donors (Lipinski definition) is 1. The van der Waals surface area contributed by atoms with Crippen LogP contribution < -0.4 is 5.32 Å². The third kappa shape index (κ3) is 2.94. The van der Waals surface area contributed by atoms with E-state index in [0.29, 0.717) is 5.92 Å². The zero-order valence-electron chi connectivity index (χ0n) is 12.5. The molecule has 1 saturated carbocycles. The third-order valence-electron chi connectivity index (χ3n) is 3.83. The van der Waals surface area contributed by atoms with Gasteiger partial charge in [0.05, 0.1) is 11.7 Å². The summed E-state index contributed by atoms with van der Waals surface area (Å²) < 4.78 is 1.94. The highest BCUT2D eigenvalue weighted by Crippen LogP contribution is 2.39. The Balaban J connectivity index is 1.59. The van der Waals surface area contributed by atoms with Crippen molar-refractivity contribution < 1.29 is 4.79 Å². The van der Waals surface area contributed by atoms with E-state index in [4.69, 9.17) is 0 Å². The first-order valence-electron chi connectivity index (χ1n) is 7.41. The summed E-state index contributed by atoms with van der Waals surface area (Å²) in [5.41, 5.74) is 0.921. The van der Waals surface area contributed by atoms with E-state index in [1.54, 1.807) is 0 Å². The van der Waals surface area contributed by atoms with E-state index in [2.05, 4.69) is 21.8 Å². The predicted molar refractivity (Wildman–Crippen MR) is 75.5 cm³/mol. The van der Waals surface area contributed by atoms with E-state index < -0.39 is 0 Å². The van der Waals surface area contributed by atoms with E-state index in [9.17, 15) is 4.79 Å². The van der Waals surface area contributed by atoms with Gasteiger partial charge in [-0.1, -0.05) is 5.21 Å². The Hall–Kier alpha value is -1.59. The molecule has 6 nitrogen and oxygen atoms in total. The number of nitrogens with one attached hydrogen (secondary N) is 1. The largest absolute Gasteiger partial charge is 0.333 e. The second kappa shape index (κ2) is 4.75. The van der Waals surface area contributed by atoms with E-state index in [0.717, 1.165) is 25.2 Å². The van der Waals surface area contributed by atoms with Gasteiger partial charge in [-0.15, -0.1) is 5.10 Å². The molecule has 2 heterocycles. The van der Waals surface area contributed by atoms with Crippen LogP contribution in [-0.4, -0.2) is 44.6 Å². The Bertz CT molecular complexity index is 500.